The Morgan fingerprint density at radius 3 is 2.86 bits per heavy atom. The van der Waals surface area contributed by atoms with Crippen molar-refractivity contribution in [1.29, 1.82) is 0 Å². The Bertz CT molecular complexity index is 838. The Morgan fingerprint density at radius 1 is 1.23 bits per heavy atom. The summed E-state index contributed by atoms with van der Waals surface area (Å²) in [4.78, 5) is 4.58. The number of hydrogen-bond donors (Lipinski definition) is 2. The Morgan fingerprint density at radius 2 is 2.09 bits per heavy atom. The summed E-state index contributed by atoms with van der Waals surface area (Å²) in [6.07, 6.45) is 4.18. The van der Waals surface area contributed by atoms with Gasteiger partial charge in [0, 0.05) is 28.9 Å². The van der Waals surface area contributed by atoms with Crippen LogP contribution in [0.3, 0.4) is 0 Å². The van der Waals surface area contributed by atoms with Crippen molar-refractivity contribution in [3.05, 3.63) is 47.1 Å². The topological polar surface area (TPSA) is 54.2 Å². The minimum absolute atomic E-state index is 0.552. The highest BCUT2D eigenvalue weighted by molar-refractivity contribution is 6.31. The first-order valence-corrected chi connectivity index (χ1v) is 7.71. The predicted octanol–water partition coefficient (Wildman–Crippen LogP) is 4.01. The van der Waals surface area contributed by atoms with Crippen molar-refractivity contribution in [3.63, 3.8) is 0 Å². The molecule has 112 valence electrons. The second-order valence-electron chi connectivity index (χ2n) is 5.64. The first-order chi connectivity index (χ1) is 10.7. The van der Waals surface area contributed by atoms with Gasteiger partial charge in [0.25, 0.3) is 0 Å². The highest BCUT2D eigenvalue weighted by Gasteiger charge is 2.22. The number of fused-ring (bicyclic) bond motifs is 1. The molecule has 0 aliphatic heterocycles. The maximum absolute atomic E-state index is 6.18. The molecule has 0 unspecified atom stereocenters. The molecule has 0 bridgehead atoms. The monoisotopic (exact) mass is 313 g/mol. The number of hydrogen-bond acceptors (Lipinski definition) is 4. The standard InChI is InChI=1S/C16H16ClN5/c1-10-2-3-12(8-13(10)17)19-14-9-16(20-11-4-5-11)22-15(21-14)6-7-18-22/h2-3,6-9,11,20H,4-5H2,1H3,(H,19,21). The normalized spacial score (nSPS) is 14.3. The third-order valence-electron chi connectivity index (χ3n) is 3.73. The van der Waals surface area contributed by atoms with Crippen LogP contribution in [0.2, 0.25) is 5.02 Å². The molecular formula is C16H16ClN5. The lowest BCUT2D eigenvalue weighted by Crippen LogP contribution is -2.08. The zero-order valence-corrected chi connectivity index (χ0v) is 12.9. The van der Waals surface area contributed by atoms with Gasteiger partial charge >= 0.3 is 0 Å². The number of aryl methyl sites for hydroxylation is 1. The molecule has 5 nitrogen and oxygen atoms in total. The molecule has 1 aliphatic carbocycles. The van der Waals surface area contributed by atoms with Crippen molar-refractivity contribution in [2.24, 2.45) is 0 Å². The van der Waals surface area contributed by atoms with E-state index in [1.54, 1.807) is 6.20 Å². The van der Waals surface area contributed by atoms with Crippen molar-refractivity contribution in [2.45, 2.75) is 25.8 Å². The van der Waals surface area contributed by atoms with E-state index < -0.39 is 0 Å². The Hall–Kier alpha value is -2.27. The number of nitrogens with one attached hydrogen (secondary N) is 2. The maximum Gasteiger partial charge on any atom is 0.159 e. The SMILES string of the molecule is Cc1ccc(Nc2cc(NC3CC3)n3nccc3n2)cc1Cl. The van der Waals surface area contributed by atoms with E-state index in [0.717, 1.165) is 33.6 Å². The van der Waals surface area contributed by atoms with Crippen molar-refractivity contribution >= 4 is 34.6 Å². The molecule has 2 N–H and O–H groups in total. The summed E-state index contributed by atoms with van der Waals surface area (Å²) in [6.45, 7) is 1.99. The first-order valence-electron chi connectivity index (χ1n) is 7.33. The Balaban J connectivity index is 1.69. The summed E-state index contributed by atoms with van der Waals surface area (Å²) < 4.78 is 1.83. The van der Waals surface area contributed by atoms with Gasteiger partial charge in [-0.25, -0.2) is 4.98 Å². The van der Waals surface area contributed by atoms with Crippen molar-refractivity contribution in [3.8, 4) is 0 Å². The molecule has 0 atom stereocenters. The molecule has 0 amide bonds. The summed E-state index contributed by atoms with van der Waals surface area (Å²) in [5, 5.41) is 11.9. The van der Waals surface area contributed by atoms with Crippen LogP contribution in [0.15, 0.2) is 36.5 Å². The average molecular weight is 314 g/mol. The molecule has 1 saturated carbocycles. The van der Waals surface area contributed by atoms with Crippen molar-refractivity contribution in [2.75, 3.05) is 10.6 Å². The van der Waals surface area contributed by atoms with Crippen LogP contribution in [0.4, 0.5) is 17.3 Å². The van der Waals surface area contributed by atoms with Gasteiger partial charge in [0.2, 0.25) is 0 Å². The first kappa shape index (κ1) is 13.4. The fraction of sp³-hybridized carbons (Fsp3) is 0.250. The van der Waals surface area contributed by atoms with Gasteiger partial charge in [-0.15, -0.1) is 0 Å². The summed E-state index contributed by atoms with van der Waals surface area (Å²) in [6, 6.07) is 10.3. The highest BCUT2D eigenvalue weighted by atomic mass is 35.5. The van der Waals surface area contributed by atoms with Crippen LogP contribution >= 0.6 is 11.6 Å². The lowest BCUT2D eigenvalue weighted by atomic mass is 10.2. The minimum atomic E-state index is 0.552. The number of halogens is 1. The van der Waals surface area contributed by atoms with Crippen LogP contribution in [-0.2, 0) is 0 Å². The van der Waals surface area contributed by atoms with E-state index in [1.165, 1.54) is 12.8 Å². The number of benzene rings is 1. The Kier molecular flexibility index (Phi) is 3.15. The molecule has 0 saturated heterocycles. The van der Waals surface area contributed by atoms with Crippen molar-refractivity contribution < 1.29 is 0 Å². The van der Waals surface area contributed by atoms with E-state index in [2.05, 4.69) is 20.7 Å². The fourth-order valence-corrected chi connectivity index (χ4v) is 2.52. The van der Waals surface area contributed by atoms with Gasteiger partial charge in [-0.05, 0) is 37.5 Å². The van der Waals surface area contributed by atoms with E-state index in [1.807, 2.05) is 41.8 Å². The largest absolute Gasteiger partial charge is 0.367 e. The third kappa shape index (κ3) is 2.60. The smallest absolute Gasteiger partial charge is 0.159 e. The lowest BCUT2D eigenvalue weighted by molar-refractivity contribution is 0.926. The lowest BCUT2D eigenvalue weighted by Gasteiger charge is -2.11. The molecular weight excluding hydrogens is 298 g/mol. The van der Waals surface area contributed by atoms with Crippen LogP contribution in [0.1, 0.15) is 18.4 Å². The molecule has 2 heterocycles. The number of nitrogens with zero attached hydrogens (tertiary/aromatic N) is 3. The Labute approximate surface area is 133 Å². The van der Waals surface area contributed by atoms with Gasteiger partial charge in [-0.2, -0.15) is 9.61 Å². The molecule has 2 aromatic heterocycles. The second kappa shape index (κ2) is 5.18. The predicted molar refractivity (Wildman–Crippen MR) is 89.1 cm³/mol. The molecule has 1 aromatic carbocycles. The molecule has 0 radical (unpaired) electrons. The van der Waals surface area contributed by atoms with Gasteiger partial charge in [0.1, 0.15) is 11.6 Å². The van der Waals surface area contributed by atoms with E-state index in [-0.39, 0.29) is 0 Å². The molecule has 3 aromatic rings. The second-order valence-corrected chi connectivity index (χ2v) is 6.04. The molecule has 22 heavy (non-hydrogen) atoms. The van der Waals surface area contributed by atoms with E-state index in [9.17, 15) is 0 Å². The zero-order valence-electron chi connectivity index (χ0n) is 12.2. The molecule has 6 heteroatoms. The minimum Gasteiger partial charge on any atom is -0.367 e. The number of rotatable bonds is 4. The van der Waals surface area contributed by atoms with Crippen LogP contribution in [0.25, 0.3) is 5.65 Å². The molecule has 0 spiro atoms. The third-order valence-corrected chi connectivity index (χ3v) is 4.14. The van der Waals surface area contributed by atoms with Gasteiger partial charge in [-0.3, -0.25) is 0 Å². The van der Waals surface area contributed by atoms with E-state index >= 15 is 0 Å². The van der Waals surface area contributed by atoms with Crippen LogP contribution in [0, 0.1) is 6.92 Å². The molecule has 4 rings (SSSR count). The van der Waals surface area contributed by atoms with E-state index in [0.29, 0.717) is 6.04 Å². The number of aromatic nitrogens is 3. The number of anilines is 3. The van der Waals surface area contributed by atoms with Crippen LogP contribution in [0.5, 0.6) is 0 Å². The van der Waals surface area contributed by atoms with Gasteiger partial charge < -0.3 is 10.6 Å². The van der Waals surface area contributed by atoms with Gasteiger partial charge in [-0.1, -0.05) is 17.7 Å². The summed E-state index contributed by atoms with van der Waals surface area (Å²) in [5.41, 5.74) is 2.79. The zero-order chi connectivity index (χ0) is 15.1. The van der Waals surface area contributed by atoms with Gasteiger partial charge in [0.05, 0.1) is 6.20 Å². The average Bonchev–Trinajstić information content (AvgIpc) is 3.17. The molecule has 1 fully saturated rings. The maximum atomic E-state index is 6.18. The van der Waals surface area contributed by atoms with E-state index in [4.69, 9.17) is 11.6 Å². The fourth-order valence-electron chi connectivity index (χ4n) is 2.34. The highest BCUT2D eigenvalue weighted by Crippen LogP contribution is 2.28. The quantitative estimate of drug-likeness (QED) is 0.764. The summed E-state index contributed by atoms with van der Waals surface area (Å²) in [7, 11) is 0. The van der Waals surface area contributed by atoms with Gasteiger partial charge in [0.15, 0.2) is 5.65 Å². The molecule has 1 aliphatic rings. The summed E-state index contributed by atoms with van der Waals surface area (Å²) >= 11 is 6.18. The summed E-state index contributed by atoms with van der Waals surface area (Å²) in [5.74, 6) is 1.73. The van der Waals surface area contributed by atoms with Crippen LogP contribution in [-0.4, -0.2) is 20.6 Å². The van der Waals surface area contributed by atoms with Crippen molar-refractivity contribution in [1.82, 2.24) is 14.6 Å². The van der Waals surface area contributed by atoms with Crippen LogP contribution < -0.4 is 10.6 Å².